The number of benzene rings is 1. The summed E-state index contributed by atoms with van der Waals surface area (Å²) in [6, 6.07) is 3.87. The molecule has 0 radical (unpaired) electrons. The number of carbonyl (C=O) groups is 1. The highest BCUT2D eigenvalue weighted by molar-refractivity contribution is 6.32. The molecule has 0 aromatic heterocycles. The van der Waals surface area contributed by atoms with E-state index in [4.69, 9.17) is 16.3 Å². The molecule has 2 N–H and O–H groups in total. The quantitative estimate of drug-likeness (QED) is 0.885. The lowest BCUT2D eigenvalue weighted by atomic mass is 10.2. The lowest BCUT2D eigenvalue weighted by Gasteiger charge is -2.12. The monoisotopic (exact) mass is 340 g/mol. The summed E-state index contributed by atoms with van der Waals surface area (Å²) < 4.78 is 31.3. The summed E-state index contributed by atoms with van der Waals surface area (Å²) in [7, 11) is 0. The lowest BCUT2D eigenvalue weighted by molar-refractivity contribution is -0.118. The van der Waals surface area contributed by atoms with Crippen molar-refractivity contribution in [1.82, 2.24) is 5.32 Å². The van der Waals surface area contributed by atoms with Crippen molar-refractivity contribution in [2.45, 2.75) is 25.3 Å². The zero-order valence-corrected chi connectivity index (χ0v) is 12.9. The Bertz CT molecular complexity index is 515. The number of carbonyl (C=O) groups excluding carboxylic acids is 1. The Kier molecular flexibility index (Phi) is 6.19. The molecule has 1 fully saturated rings. The van der Waals surface area contributed by atoms with Crippen LogP contribution in [0.2, 0.25) is 5.02 Å². The van der Waals surface area contributed by atoms with Gasteiger partial charge in [-0.05, 0) is 25.1 Å². The van der Waals surface area contributed by atoms with Gasteiger partial charge in [0, 0.05) is 12.1 Å². The molecule has 1 atom stereocenters. The molecule has 118 valence electrons. The molecule has 0 spiro atoms. The molecule has 1 unspecified atom stereocenters. The molecule has 0 saturated carbocycles. The molecule has 2 rings (SSSR count). The van der Waals surface area contributed by atoms with Crippen molar-refractivity contribution in [2.24, 2.45) is 0 Å². The van der Waals surface area contributed by atoms with Crippen molar-refractivity contribution < 1.29 is 18.3 Å². The second kappa shape index (κ2) is 7.24. The molecule has 21 heavy (non-hydrogen) atoms. The van der Waals surface area contributed by atoms with Gasteiger partial charge in [0.05, 0.1) is 24.2 Å². The SMILES string of the molecule is CCOc1ccc(NC(=O)C2CC(F)(F)CN2)cc1Cl.Cl. The van der Waals surface area contributed by atoms with Crippen LogP contribution in [0.3, 0.4) is 0 Å². The molecular weight excluding hydrogens is 325 g/mol. The average Bonchev–Trinajstić information content (AvgIpc) is 2.73. The molecule has 1 aromatic carbocycles. The Balaban J connectivity index is 0.00000220. The maximum Gasteiger partial charge on any atom is 0.262 e. The Morgan fingerprint density at radius 2 is 2.29 bits per heavy atom. The van der Waals surface area contributed by atoms with E-state index in [0.717, 1.165) is 0 Å². The molecule has 0 bridgehead atoms. The van der Waals surface area contributed by atoms with Crippen LogP contribution in [0.25, 0.3) is 0 Å². The molecule has 1 saturated heterocycles. The summed E-state index contributed by atoms with van der Waals surface area (Å²) >= 11 is 5.98. The van der Waals surface area contributed by atoms with E-state index in [0.29, 0.717) is 23.1 Å². The van der Waals surface area contributed by atoms with Gasteiger partial charge in [-0.25, -0.2) is 8.78 Å². The van der Waals surface area contributed by atoms with Gasteiger partial charge in [0.1, 0.15) is 5.75 Å². The number of amides is 1. The summed E-state index contributed by atoms with van der Waals surface area (Å²) in [4.78, 5) is 11.8. The minimum absolute atomic E-state index is 0. The zero-order chi connectivity index (χ0) is 14.8. The minimum Gasteiger partial charge on any atom is -0.492 e. The fourth-order valence-corrected chi connectivity index (χ4v) is 2.22. The van der Waals surface area contributed by atoms with E-state index in [-0.39, 0.29) is 12.4 Å². The molecule has 1 aliphatic rings. The zero-order valence-electron chi connectivity index (χ0n) is 11.3. The molecule has 0 aliphatic carbocycles. The van der Waals surface area contributed by atoms with Crippen LogP contribution in [0.4, 0.5) is 14.5 Å². The van der Waals surface area contributed by atoms with Crippen molar-refractivity contribution in [3.8, 4) is 5.75 Å². The first kappa shape index (κ1) is 17.9. The summed E-state index contributed by atoms with van der Waals surface area (Å²) in [5.74, 6) is -2.82. The van der Waals surface area contributed by atoms with Crippen LogP contribution >= 0.6 is 24.0 Å². The summed E-state index contributed by atoms with van der Waals surface area (Å²) in [5.41, 5.74) is 0.445. The van der Waals surface area contributed by atoms with Crippen LogP contribution in [0, 0.1) is 0 Å². The number of nitrogens with one attached hydrogen (secondary N) is 2. The van der Waals surface area contributed by atoms with E-state index in [1.165, 1.54) is 6.07 Å². The Hall–Kier alpha value is -1.11. The first-order valence-corrected chi connectivity index (χ1v) is 6.63. The maximum atomic E-state index is 13.0. The van der Waals surface area contributed by atoms with Crippen LogP contribution in [0.1, 0.15) is 13.3 Å². The molecule has 1 amide bonds. The van der Waals surface area contributed by atoms with Crippen LogP contribution in [-0.2, 0) is 4.79 Å². The molecule has 1 heterocycles. The van der Waals surface area contributed by atoms with Crippen LogP contribution in [0.15, 0.2) is 18.2 Å². The Labute approximate surface area is 132 Å². The van der Waals surface area contributed by atoms with Gasteiger partial charge >= 0.3 is 0 Å². The van der Waals surface area contributed by atoms with E-state index < -0.39 is 30.8 Å². The number of rotatable bonds is 4. The van der Waals surface area contributed by atoms with Gasteiger partial charge in [-0.3, -0.25) is 10.1 Å². The molecular formula is C13H16Cl2F2N2O2. The number of alkyl halides is 2. The highest BCUT2D eigenvalue weighted by Gasteiger charge is 2.42. The van der Waals surface area contributed by atoms with Gasteiger partial charge in [0.2, 0.25) is 5.91 Å². The van der Waals surface area contributed by atoms with Gasteiger partial charge < -0.3 is 10.1 Å². The van der Waals surface area contributed by atoms with Gasteiger partial charge in [0.15, 0.2) is 0 Å². The predicted octanol–water partition coefficient (Wildman–Crippen LogP) is 3.10. The van der Waals surface area contributed by atoms with E-state index in [9.17, 15) is 13.6 Å². The highest BCUT2D eigenvalue weighted by Crippen LogP contribution is 2.29. The van der Waals surface area contributed by atoms with Gasteiger partial charge in [-0.1, -0.05) is 11.6 Å². The number of halogens is 4. The lowest BCUT2D eigenvalue weighted by Crippen LogP contribution is -2.35. The third-order valence-electron chi connectivity index (χ3n) is 2.93. The van der Waals surface area contributed by atoms with Crippen LogP contribution in [0.5, 0.6) is 5.75 Å². The molecule has 4 nitrogen and oxygen atoms in total. The smallest absolute Gasteiger partial charge is 0.262 e. The van der Waals surface area contributed by atoms with E-state index in [1.807, 2.05) is 6.92 Å². The normalized spacial score (nSPS) is 19.7. The average molecular weight is 341 g/mol. The van der Waals surface area contributed by atoms with E-state index >= 15 is 0 Å². The van der Waals surface area contributed by atoms with Gasteiger partial charge in [-0.15, -0.1) is 12.4 Å². The van der Waals surface area contributed by atoms with Crippen molar-refractivity contribution in [2.75, 3.05) is 18.5 Å². The minimum atomic E-state index is -2.83. The van der Waals surface area contributed by atoms with Crippen molar-refractivity contribution in [3.05, 3.63) is 23.2 Å². The highest BCUT2D eigenvalue weighted by atomic mass is 35.5. The van der Waals surface area contributed by atoms with Crippen molar-refractivity contribution in [1.29, 1.82) is 0 Å². The molecule has 1 aromatic rings. The predicted molar refractivity (Wildman–Crippen MR) is 79.9 cm³/mol. The number of hydrogen-bond donors (Lipinski definition) is 2. The van der Waals surface area contributed by atoms with Gasteiger partial charge in [0.25, 0.3) is 5.92 Å². The van der Waals surface area contributed by atoms with Crippen LogP contribution < -0.4 is 15.4 Å². The van der Waals surface area contributed by atoms with Crippen molar-refractivity contribution >= 4 is 35.6 Å². The number of ether oxygens (including phenoxy) is 1. The summed E-state index contributed by atoms with van der Waals surface area (Å²) in [6.07, 6.45) is -0.496. The van der Waals surface area contributed by atoms with Gasteiger partial charge in [-0.2, -0.15) is 0 Å². The van der Waals surface area contributed by atoms with E-state index in [2.05, 4.69) is 10.6 Å². The maximum absolute atomic E-state index is 13.0. The Morgan fingerprint density at radius 1 is 1.57 bits per heavy atom. The number of hydrogen-bond acceptors (Lipinski definition) is 3. The first-order valence-electron chi connectivity index (χ1n) is 6.26. The second-order valence-corrected chi connectivity index (χ2v) is 4.97. The van der Waals surface area contributed by atoms with Crippen molar-refractivity contribution in [3.63, 3.8) is 0 Å². The largest absolute Gasteiger partial charge is 0.492 e. The Morgan fingerprint density at radius 3 is 2.81 bits per heavy atom. The second-order valence-electron chi connectivity index (χ2n) is 4.56. The third-order valence-corrected chi connectivity index (χ3v) is 3.22. The fraction of sp³-hybridized carbons (Fsp3) is 0.462. The molecule has 8 heteroatoms. The van der Waals surface area contributed by atoms with E-state index in [1.54, 1.807) is 12.1 Å². The first-order chi connectivity index (χ1) is 9.41. The number of anilines is 1. The fourth-order valence-electron chi connectivity index (χ4n) is 1.98. The third kappa shape index (κ3) is 4.69. The topological polar surface area (TPSA) is 50.4 Å². The summed E-state index contributed by atoms with van der Waals surface area (Å²) in [5, 5.41) is 5.41. The van der Waals surface area contributed by atoms with Crippen LogP contribution in [-0.4, -0.2) is 31.0 Å². The standard InChI is InChI=1S/C13H15ClF2N2O2.ClH/c1-2-20-11-4-3-8(5-9(11)14)18-12(19)10-6-13(15,16)7-17-10;/h3-5,10,17H,2,6-7H2,1H3,(H,18,19);1H. The summed E-state index contributed by atoms with van der Waals surface area (Å²) in [6.45, 7) is 1.83. The molecule has 1 aliphatic heterocycles.